The average molecular weight is 353 g/mol. The third-order valence-corrected chi connectivity index (χ3v) is 4.93. The Bertz CT molecular complexity index is 730. The summed E-state index contributed by atoms with van der Waals surface area (Å²) in [5, 5.41) is 12.2. The average Bonchev–Trinajstić information content (AvgIpc) is 3.27. The Kier molecular flexibility index (Phi) is 4.77. The van der Waals surface area contributed by atoms with Crippen LogP contribution in [0.3, 0.4) is 0 Å². The van der Waals surface area contributed by atoms with Crippen LogP contribution in [-0.4, -0.2) is 33.5 Å². The molecule has 0 spiro atoms. The largest absolute Gasteiger partial charge is 0.495 e. The monoisotopic (exact) mass is 352 g/mol. The van der Waals surface area contributed by atoms with Gasteiger partial charge in [-0.2, -0.15) is 0 Å². The Hall–Kier alpha value is -1.73. The molecule has 1 N–H and O–H groups in total. The highest BCUT2D eigenvalue weighted by Gasteiger charge is 2.26. The Morgan fingerprint density at radius 2 is 2.30 bits per heavy atom. The Balaban J connectivity index is 1.63. The van der Waals surface area contributed by atoms with Crippen molar-refractivity contribution in [1.29, 1.82) is 0 Å². The van der Waals surface area contributed by atoms with Gasteiger partial charge in [0.2, 0.25) is 5.91 Å². The number of aryl methyl sites for hydroxylation is 1. The molecule has 0 radical (unpaired) electrons. The second kappa shape index (κ2) is 6.80. The van der Waals surface area contributed by atoms with E-state index >= 15 is 0 Å². The molecular formula is C15H17ClN4O2S. The van der Waals surface area contributed by atoms with Gasteiger partial charge < -0.3 is 14.6 Å². The van der Waals surface area contributed by atoms with Gasteiger partial charge in [-0.1, -0.05) is 23.4 Å². The maximum Gasteiger partial charge on any atom is 0.234 e. The zero-order chi connectivity index (χ0) is 16.4. The van der Waals surface area contributed by atoms with Crippen LogP contribution < -0.4 is 10.1 Å². The molecule has 122 valence electrons. The Morgan fingerprint density at radius 1 is 1.52 bits per heavy atom. The van der Waals surface area contributed by atoms with Crippen LogP contribution in [0, 0.1) is 6.92 Å². The molecule has 0 saturated heterocycles. The number of rotatable bonds is 6. The highest BCUT2D eigenvalue weighted by atomic mass is 35.5. The van der Waals surface area contributed by atoms with Crippen LogP contribution in [0.2, 0.25) is 5.02 Å². The minimum absolute atomic E-state index is 0.125. The summed E-state index contributed by atoms with van der Waals surface area (Å²) < 4.78 is 7.29. The minimum Gasteiger partial charge on any atom is -0.495 e. The molecule has 0 aliphatic heterocycles. The fraction of sp³-hybridized carbons (Fsp3) is 0.400. The molecule has 0 unspecified atom stereocenters. The van der Waals surface area contributed by atoms with E-state index < -0.39 is 0 Å². The summed E-state index contributed by atoms with van der Waals surface area (Å²) in [5.74, 6) is 0.677. The van der Waals surface area contributed by atoms with E-state index in [1.165, 1.54) is 11.8 Å². The summed E-state index contributed by atoms with van der Waals surface area (Å²) in [6.07, 6.45) is 4.03. The first-order valence-corrected chi connectivity index (χ1v) is 8.61. The van der Waals surface area contributed by atoms with Crippen molar-refractivity contribution < 1.29 is 9.53 Å². The number of benzene rings is 1. The molecule has 23 heavy (non-hydrogen) atoms. The second-order valence-corrected chi connectivity index (χ2v) is 6.74. The number of nitrogens with zero attached hydrogens (tertiary/aromatic N) is 3. The summed E-state index contributed by atoms with van der Waals surface area (Å²) in [7, 11) is 1.55. The first kappa shape index (κ1) is 16.1. The molecule has 0 bridgehead atoms. The van der Waals surface area contributed by atoms with E-state index in [1.54, 1.807) is 25.6 Å². The Labute approximate surface area is 143 Å². The van der Waals surface area contributed by atoms with E-state index in [-0.39, 0.29) is 11.7 Å². The lowest BCUT2D eigenvalue weighted by molar-refractivity contribution is -0.113. The Morgan fingerprint density at radius 3 is 3.00 bits per heavy atom. The predicted molar refractivity (Wildman–Crippen MR) is 90.4 cm³/mol. The highest BCUT2D eigenvalue weighted by molar-refractivity contribution is 7.99. The molecule has 1 fully saturated rings. The lowest BCUT2D eigenvalue weighted by atomic mass is 10.2. The van der Waals surface area contributed by atoms with Crippen LogP contribution in [-0.2, 0) is 4.79 Å². The van der Waals surface area contributed by atoms with Gasteiger partial charge in [-0.05, 0) is 31.4 Å². The molecular weight excluding hydrogens is 336 g/mol. The molecule has 1 aromatic heterocycles. The lowest BCUT2D eigenvalue weighted by Crippen LogP contribution is -2.15. The number of methoxy groups -OCH3 is 1. The van der Waals surface area contributed by atoms with Crippen molar-refractivity contribution in [1.82, 2.24) is 14.8 Å². The first-order chi connectivity index (χ1) is 11.1. The van der Waals surface area contributed by atoms with Crippen LogP contribution in [0.25, 0.3) is 0 Å². The third kappa shape index (κ3) is 3.79. The van der Waals surface area contributed by atoms with Crippen molar-refractivity contribution >= 4 is 35.0 Å². The minimum atomic E-state index is -0.125. The van der Waals surface area contributed by atoms with Crippen LogP contribution in [0.5, 0.6) is 5.75 Å². The molecule has 1 amide bonds. The van der Waals surface area contributed by atoms with Crippen molar-refractivity contribution in [3.63, 3.8) is 0 Å². The fourth-order valence-corrected chi connectivity index (χ4v) is 3.12. The van der Waals surface area contributed by atoms with E-state index in [4.69, 9.17) is 16.3 Å². The van der Waals surface area contributed by atoms with Crippen molar-refractivity contribution in [2.24, 2.45) is 0 Å². The molecule has 8 heteroatoms. The van der Waals surface area contributed by atoms with Crippen molar-refractivity contribution in [3.8, 4) is 5.75 Å². The molecule has 3 rings (SSSR count). The van der Waals surface area contributed by atoms with E-state index in [0.717, 1.165) is 23.6 Å². The highest BCUT2D eigenvalue weighted by Crippen LogP contribution is 2.37. The van der Waals surface area contributed by atoms with Gasteiger partial charge in [-0.3, -0.25) is 4.79 Å². The van der Waals surface area contributed by atoms with Crippen LogP contribution in [0.15, 0.2) is 23.6 Å². The smallest absolute Gasteiger partial charge is 0.234 e. The number of hydrogen-bond donors (Lipinski definition) is 1. The van der Waals surface area contributed by atoms with Crippen molar-refractivity contribution in [3.05, 3.63) is 29.0 Å². The van der Waals surface area contributed by atoms with Crippen molar-refractivity contribution in [2.45, 2.75) is 31.0 Å². The van der Waals surface area contributed by atoms with Gasteiger partial charge in [0.1, 0.15) is 12.1 Å². The number of halogens is 1. The summed E-state index contributed by atoms with van der Waals surface area (Å²) in [6, 6.07) is 3.99. The summed E-state index contributed by atoms with van der Waals surface area (Å²) >= 11 is 7.45. The normalized spacial score (nSPS) is 13.9. The van der Waals surface area contributed by atoms with Gasteiger partial charge in [0.05, 0.1) is 18.6 Å². The lowest BCUT2D eigenvalue weighted by Gasteiger charge is -2.12. The molecule has 1 saturated carbocycles. The topological polar surface area (TPSA) is 69.0 Å². The molecule has 1 aromatic carbocycles. The number of nitrogens with one attached hydrogen (secondary N) is 1. The van der Waals surface area contributed by atoms with Crippen LogP contribution in [0.1, 0.15) is 24.4 Å². The van der Waals surface area contributed by atoms with Crippen LogP contribution >= 0.6 is 23.4 Å². The van der Waals surface area contributed by atoms with Crippen molar-refractivity contribution in [2.75, 3.05) is 18.2 Å². The van der Waals surface area contributed by atoms with Gasteiger partial charge in [0.25, 0.3) is 0 Å². The molecule has 2 aromatic rings. The number of anilines is 1. The second-order valence-electron chi connectivity index (χ2n) is 5.39. The molecule has 1 heterocycles. The molecule has 0 atom stereocenters. The summed E-state index contributed by atoms with van der Waals surface area (Å²) in [6.45, 7) is 1.88. The van der Waals surface area contributed by atoms with Gasteiger partial charge in [-0.25, -0.2) is 0 Å². The van der Waals surface area contributed by atoms with Gasteiger partial charge in [0, 0.05) is 17.1 Å². The third-order valence-electron chi connectivity index (χ3n) is 3.57. The summed E-state index contributed by atoms with van der Waals surface area (Å²) in [4.78, 5) is 12.2. The van der Waals surface area contributed by atoms with Crippen LogP contribution in [0.4, 0.5) is 5.69 Å². The van der Waals surface area contributed by atoms with E-state index in [1.807, 2.05) is 11.5 Å². The zero-order valence-electron chi connectivity index (χ0n) is 12.9. The standard InChI is InChI=1S/C15H17ClN4O2S/c1-9-5-12(13(22-2)6-11(9)16)18-14(21)7-23-15-19-17-8-20(15)10-3-4-10/h5-6,8,10H,3-4,7H2,1-2H3,(H,18,21). The fourth-order valence-electron chi connectivity index (χ4n) is 2.18. The number of thioether (sulfide) groups is 1. The molecule has 6 nitrogen and oxygen atoms in total. The maximum atomic E-state index is 12.2. The van der Waals surface area contributed by atoms with E-state index in [2.05, 4.69) is 15.5 Å². The predicted octanol–water partition coefficient (Wildman–Crippen LogP) is 3.31. The number of ether oxygens (including phenoxy) is 1. The first-order valence-electron chi connectivity index (χ1n) is 7.24. The van der Waals surface area contributed by atoms with Gasteiger partial charge >= 0.3 is 0 Å². The van der Waals surface area contributed by atoms with Gasteiger partial charge in [-0.15, -0.1) is 10.2 Å². The zero-order valence-corrected chi connectivity index (χ0v) is 14.4. The maximum absolute atomic E-state index is 12.2. The molecule has 1 aliphatic rings. The number of amides is 1. The number of carbonyl (C=O) groups is 1. The SMILES string of the molecule is COc1cc(Cl)c(C)cc1NC(=O)CSc1nncn1C1CC1. The summed E-state index contributed by atoms with van der Waals surface area (Å²) in [5.41, 5.74) is 1.49. The number of carbonyl (C=O) groups excluding carboxylic acids is 1. The number of hydrogen-bond acceptors (Lipinski definition) is 5. The molecule has 1 aliphatic carbocycles. The van der Waals surface area contributed by atoms with E-state index in [0.29, 0.717) is 22.5 Å². The number of aromatic nitrogens is 3. The van der Waals surface area contributed by atoms with Gasteiger partial charge in [0.15, 0.2) is 5.16 Å². The quantitative estimate of drug-likeness (QED) is 0.808. The van der Waals surface area contributed by atoms with E-state index in [9.17, 15) is 4.79 Å².